The molecule has 0 unspecified atom stereocenters. The Morgan fingerprint density at radius 2 is 2.00 bits per heavy atom. The first kappa shape index (κ1) is 19.3. The Labute approximate surface area is 178 Å². The molecular formula is C22H23ClN4O3. The summed E-state index contributed by atoms with van der Waals surface area (Å²) in [5, 5.41) is 5.54. The first-order valence-corrected chi connectivity index (χ1v) is 10.5. The zero-order valence-electron chi connectivity index (χ0n) is 17.2. The lowest BCUT2D eigenvalue weighted by molar-refractivity contribution is 0.0616. The number of hydrogen-bond donors (Lipinski definition) is 0. The number of hydrogen-bond acceptors (Lipinski definition) is 6. The number of ether oxygens (including phenoxy) is 2. The first-order valence-electron chi connectivity index (χ1n) is 10.1. The Kier molecular flexibility index (Phi) is 4.87. The highest BCUT2D eigenvalue weighted by Crippen LogP contribution is 2.39. The summed E-state index contributed by atoms with van der Waals surface area (Å²) in [6, 6.07) is 4.05. The number of fused-ring (bicyclic) bond motifs is 3. The van der Waals surface area contributed by atoms with Gasteiger partial charge in [0.25, 0.3) is 0 Å². The molecule has 4 aromatic rings. The molecule has 1 aromatic carbocycles. The zero-order valence-corrected chi connectivity index (χ0v) is 18.0. The van der Waals surface area contributed by atoms with Gasteiger partial charge >= 0.3 is 0 Å². The maximum atomic E-state index is 6.56. The lowest BCUT2D eigenvalue weighted by atomic mass is 9.99. The van der Waals surface area contributed by atoms with E-state index >= 15 is 0 Å². The second-order valence-electron chi connectivity index (χ2n) is 7.81. The highest BCUT2D eigenvalue weighted by atomic mass is 35.5. The lowest BCUT2D eigenvalue weighted by Gasteiger charge is -2.23. The van der Waals surface area contributed by atoms with Gasteiger partial charge in [-0.25, -0.2) is 4.98 Å². The van der Waals surface area contributed by atoms with E-state index in [0.717, 1.165) is 82.9 Å². The molecule has 156 valence electrons. The van der Waals surface area contributed by atoms with E-state index in [1.54, 1.807) is 13.3 Å². The van der Waals surface area contributed by atoms with Crippen molar-refractivity contribution in [3.63, 3.8) is 0 Å². The molecule has 0 amide bonds. The summed E-state index contributed by atoms with van der Waals surface area (Å²) in [6.07, 6.45) is 3.84. The summed E-state index contributed by atoms with van der Waals surface area (Å²) in [7, 11) is 1.67. The predicted molar refractivity (Wildman–Crippen MR) is 115 cm³/mol. The normalized spacial score (nSPS) is 15.3. The van der Waals surface area contributed by atoms with Gasteiger partial charge in [0.15, 0.2) is 0 Å². The molecule has 0 radical (unpaired) electrons. The average Bonchev–Trinajstić information content (AvgIpc) is 3.26. The largest absolute Gasteiger partial charge is 0.496 e. The minimum atomic E-state index is 0.486. The lowest BCUT2D eigenvalue weighted by Crippen LogP contribution is -2.20. The number of pyridine rings is 1. The Balaban J connectivity index is 1.71. The quantitative estimate of drug-likeness (QED) is 0.459. The molecule has 7 nitrogen and oxygen atoms in total. The fourth-order valence-corrected chi connectivity index (χ4v) is 4.64. The van der Waals surface area contributed by atoms with E-state index in [-0.39, 0.29) is 0 Å². The molecule has 4 heterocycles. The van der Waals surface area contributed by atoms with Crippen LogP contribution in [0.15, 0.2) is 22.9 Å². The van der Waals surface area contributed by atoms with E-state index < -0.39 is 0 Å². The molecular weight excluding hydrogens is 404 g/mol. The maximum absolute atomic E-state index is 6.56. The van der Waals surface area contributed by atoms with Gasteiger partial charge in [-0.1, -0.05) is 5.16 Å². The third kappa shape index (κ3) is 3.13. The topological polar surface area (TPSA) is 75.2 Å². The van der Waals surface area contributed by atoms with Gasteiger partial charge in [0.2, 0.25) is 5.28 Å². The number of halogens is 1. The number of methoxy groups -OCH3 is 1. The molecule has 1 fully saturated rings. The standard InChI is InChI=1S/C22H23ClN4O3/c1-12-20(13(2)30-26-12)16-8-17-15(9-19(16)28-3)21-18(10-24-17)25-22(23)27(21)11-14-4-6-29-7-5-14/h8-10,14H,4-7,11H2,1-3H3. The maximum Gasteiger partial charge on any atom is 0.203 e. The Hall–Kier alpha value is -2.64. The van der Waals surface area contributed by atoms with Crippen molar-refractivity contribution in [1.29, 1.82) is 0 Å². The van der Waals surface area contributed by atoms with Gasteiger partial charge in [-0.05, 0) is 56.3 Å². The molecule has 1 saturated heterocycles. The Morgan fingerprint density at radius 1 is 1.20 bits per heavy atom. The van der Waals surface area contributed by atoms with Crippen LogP contribution < -0.4 is 4.74 Å². The van der Waals surface area contributed by atoms with Crippen LogP contribution in [-0.4, -0.2) is 40.0 Å². The van der Waals surface area contributed by atoms with Gasteiger partial charge in [0.05, 0.1) is 35.6 Å². The summed E-state index contributed by atoms with van der Waals surface area (Å²) >= 11 is 6.56. The van der Waals surface area contributed by atoms with Crippen molar-refractivity contribution in [3.8, 4) is 16.9 Å². The minimum absolute atomic E-state index is 0.486. The second-order valence-corrected chi connectivity index (χ2v) is 8.15. The molecule has 5 rings (SSSR count). The van der Waals surface area contributed by atoms with E-state index in [0.29, 0.717) is 11.2 Å². The molecule has 0 aliphatic carbocycles. The molecule has 0 N–H and O–H groups in total. The van der Waals surface area contributed by atoms with Crippen LogP contribution in [0.4, 0.5) is 0 Å². The van der Waals surface area contributed by atoms with Crippen molar-refractivity contribution in [2.24, 2.45) is 5.92 Å². The van der Waals surface area contributed by atoms with Gasteiger partial charge in [-0.15, -0.1) is 0 Å². The summed E-state index contributed by atoms with van der Waals surface area (Å²) in [5.74, 6) is 2.00. The van der Waals surface area contributed by atoms with E-state index in [9.17, 15) is 0 Å². The smallest absolute Gasteiger partial charge is 0.203 e. The fourth-order valence-electron chi connectivity index (χ4n) is 4.40. The van der Waals surface area contributed by atoms with Gasteiger partial charge in [-0.3, -0.25) is 4.98 Å². The molecule has 8 heteroatoms. The van der Waals surface area contributed by atoms with Crippen molar-refractivity contribution in [3.05, 3.63) is 35.1 Å². The van der Waals surface area contributed by atoms with Crippen molar-refractivity contribution < 1.29 is 14.0 Å². The summed E-state index contributed by atoms with van der Waals surface area (Å²) in [4.78, 5) is 9.21. The zero-order chi connectivity index (χ0) is 20.8. The van der Waals surface area contributed by atoms with Gasteiger partial charge < -0.3 is 18.6 Å². The van der Waals surface area contributed by atoms with E-state index in [2.05, 4.69) is 19.7 Å². The highest BCUT2D eigenvalue weighted by Gasteiger charge is 2.22. The van der Waals surface area contributed by atoms with E-state index in [1.165, 1.54) is 0 Å². The van der Waals surface area contributed by atoms with Gasteiger partial charge in [0, 0.05) is 30.7 Å². The molecule has 0 bridgehead atoms. The predicted octanol–water partition coefficient (Wildman–Crippen LogP) is 4.94. The second kappa shape index (κ2) is 7.56. The molecule has 0 spiro atoms. The SMILES string of the molecule is COc1cc2c(cc1-c1c(C)noc1C)ncc1nc(Cl)n(CC3CCOCC3)c12. The van der Waals surface area contributed by atoms with Crippen LogP contribution in [0, 0.1) is 19.8 Å². The van der Waals surface area contributed by atoms with Crippen LogP contribution in [0.2, 0.25) is 5.28 Å². The number of nitrogens with zero attached hydrogens (tertiary/aromatic N) is 4. The fraction of sp³-hybridized carbons (Fsp3) is 0.409. The van der Waals surface area contributed by atoms with Gasteiger partial charge in [-0.2, -0.15) is 0 Å². The van der Waals surface area contributed by atoms with Crippen molar-refractivity contribution >= 4 is 33.5 Å². The average molecular weight is 427 g/mol. The Bertz CT molecular complexity index is 1220. The van der Waals surface area contributed by atoms with E-state index in [1.807, 2.05) is 26.0 Å². The van der Waals surface area contributed by atoms with Crippen LogP contribution in [0.25, 0.3) is 33.1 Å². The van der Waals surface area contributed by atoms with Crippen molar-refractivity contribution in [2.45, 2.75) is 33.2 Å². The van der Waals surface area contributed by atoms with Crippen molar-refractivity contribution in [1.82, 2.24) is 19.7 Å². The molecule has 1 aliphatic heterocycles. The summed E-state index contributed by atoms with van der Waals surface area (Å²) < 4.78 is 18.7. The summed E-state index contributed by atoms with van der Waals surface area (Å²) in [6.45, 7) is 6.23. The molecule has 0 saturated carbocycles. The van der Waals surface area contributed by atoms with Crippen LogP contribution in [0.1, 0.15) is 24.3 Å². The molecule has 30 heavy (non-hydrogen) atoms. The highest BCUT2D eigenvalue weighted by molar-refractivity contribution is 6.29. The minimum Gasteiger partial charge on any atom is -0.496 e. The number of benzene rings is 1. The van der Waals surface area contributed by atoms with Crippen LogP contribution in [-0.2, 0) is 11.3 Å². The van der Waals surface area contributed by atoms with E-state index in [4.69, 9.17) is 25.6 Å². The Morgan fingerprint density at radius 3 is 2.70 bits per heavy atom. The molecule has 1 aliphatic rings. The number of aryl methyl sites for hydroxylation is 2. The van der Waals surface area contributed by atoms with Crippen LogP contribution >= 0.6 is 11.6 Å². The molecule has 3 aromatic heterocycles. The monoisotopic (exact) mass is 426 g/mol. The molecule has 0 atom stereocenters. The summed E-state index contributed by atoms with van der Waals surface area (Å²) in [5.41, 5.74) is 5.29. The van der Waals surface area contributed by atoms with Crippen LogP contribution in [0.3, 0.4) is 0 Å². The third-order valence-electron chi connectivity index (χ3n) is 5.93. The van der Waals surface area contributed by atoms with Crippen LogP contribution in [0.5, 0.6) is 5.75 Å². The third-order valence-corrected chi connectivity index (χ3v) is 6.22. The first-order chi connectivity index (χ1) is 14.6. The number of rotatable bonds is 4. The number of aromatic nitrogens is 4. The van der Waals surface area contributed by atoms with Crippen molar-refractivity contribution in [2.75, 3.05) is 20.3 Å². The number of imidazole rings is 1. The van der Waals surface area contributed by atoms with Gasteiger partial charge in [0.1, 0.15) is 17.0 Å².